The first-order chi connectivity index (χ1) is 9.72. The second kappa shape index (κ2) is 6.93. The molecule has 0 bridgehead atoms. The van der Waals surface area contributed by atoms with E-state index in [2.05, 4.69) is 10.3 Å². The zero-order chi connectivity index (χ0) is 14.4. The van der Waals surface area contributed by atoms with Gasteiger partial charge in [0.2, 0.25) is 0 Å². The van der Waals surface area contributed by atoms with Crippen LogP contribution in [-0.2, 0) is 4.74 Å². The highest BCUT2D eigenvalue weighted by molar-refractivity contribution is 5.97. The van der Waals surface area contributed by atoms with Crippen molar-refractivity contribution in [1.29, 1.82) is 0 Å². The third-order valence-corrected chi connectivity index (χ3v) is 2.69. The van der Waals surface area contributed by atoms with Crippen molar-refractivity contribution in [2.24, 2.45) is 0 Å². The monoisotopic (exact) mass is 278 g/mol. The number of fused-ring (bicyclic) bond motifs is 1. The zero-order valence-corrected chi connectivity index (χ0v) is 10.8. The van der Waals surface area contributed by atoms with Crippen LogP contribution in [0.3, 0.4) is 0 Å². The van der Waals surface area contributed by atoms with Crippen LogP contribution in [0.5, 0.6) is 0 Å². The molecule has 106 valence electrons. The first-order valence-corrected chi connectivity index (χ1v) is 6.23. The summed E-state index contributed by atoms with van der Waals surface area (Å²) in [5.41, 5.74) is 0.612. The van der Waals surface area contributed by atoms with E-state index in [1.54, 1.807) is 18.2 Å². The van der Waals surface area contributed by atoms with Crippen LogP contribution in [0.25, 0.3) is 10.9 Å². The van der Waals surface area contributed by atoms with Crippen molar-refractivity contribution < 1.29 is 19.0 Å². The molecule has 2 rings (SSSR count). The third kappa shape index (κ3) is 3.49. The lowest BCUT2D eigenvalue weighted by atomic mass is 10.1. The molecule has 20 heavy (non-hydrogen) atoms. The van der Waals surface area contributed by atoms with Crippen LogP contribution in [0.1, 0.15) is 10.4 Å². The van der Waals surface area contributed by atoms with Gasteiger partial charge in [0.25, 0.3) is 5.91 Å². The largest absolute Gasteiger partial charge is 0.394 e. The normalized spacial score (nSPS) is 10.7. The molecule has 1 heterocycles. The second-order valence-corrected chi connectivity index (χ2v) is 4.13. The van der Waals surface area contributed by atoms with Crippen LogP contribution < -0.4 is 5.32 Å². The van der Waals surface area contributed by atoms with E-state index in [0.29, 0.717) is 24.1 Å². The summed E-state index contributed by atoms with van der Waals surface area (Å²) < 4.78 is 18.5. The maximum absolute atomic E-state index is 13.4. The second-order valence-electron chi connectivity index (χ2n) is 4.13. The van der Waals surface area contributed by atoms with Gasteiger partial charge in [-0.05, 0) is 12.1 Å². The summed E-state index contributed by atoms with van der Waals surface area (Å²) >= 11 is 0. The van der Waals surface area contributed by atoms with Crippen LogP contribution >= 0.6 is 0 Å². The van der Waals surface area contributed by atoms with Gasteiger partial charge in [0.1, 0.15) is 11.3 Å². The minimum Gasteiger partial charge on any atom is -0.394 e. The van der Waals surface area contributed by atoms with Crippen molar-refractivity contribution in [2.45, 2.75) is 0 Å². The Bertz CT molecular complexity index is 604. The van der Waals surface area contributed by atoms with E-state index in [4.69, 9.17) is 9.84 Å². The lowest BCUT2D eigenvalue weighted by Crippen LogP contribution is -2.27. The Morgan fingerprint density at radius 1 is 1.40 bits per heavy atom. The highest BCUT2D eigenvalue weighted by atomic mass is 19.1. The van der Waals surface area contributed by atoms with Gasteiger partial charge in [-0.25, -0.2) is 4.39 Å². The summed E-state index contributed by atoms with van der Waals surface area (Å²) in [4.78, 5) is 15.8. The topological polar surface area (TPSA) is 71.5 Å². The number of carbonyl (C=O) groups is 1. The van der Waals surface area contributed by atoms with Crippen molar-refractivity contribution in [3.8, 4) is 0 Å². The predicted octanol–water partition coefficient (Wildman–Crippen LogP) is 1.11. The molecule has 5 nitrogen and oxygen atoms in total. The number of ether oxygens (including phenoxy) is 1. The number of hydrogen-bond acceptors (Lipinski definition) is 4. The number of para-hydroxylation sites is 1. The summed E-state index contributed by atoms with van der Waals surface area (Å²) in [5, 5.41) is 11.8. The molecule has 0 radical (unpaired) electrons. The van der Waals surface area contributed by atoms with Crippen LogP contribution in [0.15, 0.2) is 30.5 Å². The molecule has 0 saturated carbocycles. The molecule has 0 saturated heterocycles. The Kier molecular flexibility index (Phi) is 4.97. The van der Waals surface area contributed by atoms with Gasteiger partial charge in [-0.3, -0.25) is 9.78 Å². The number of aliphatic hydroxyl groups is 1. The predicted molar refractivity (Wildman–Crippen MR) is 71.9 cm³/mol. The average Bonchev–Trinajstić information content (AvgIpc) is 2.47. The maximum atomic E-state index is 13.4. The molecule has 0 fully saturated rings. The van der Waals surface area contributed by atoms with Gasteiger partial charge in [0.15, 0.2) is 0 Å². The van der Waals surface area contributed by atoms with Gasteiger partial charge in [0, 0.05) is 18.1 Å². The Morgan fingerprint density at radius 3 is 3.05 bits per heavy atom. The molecule has 0 spiro atoms. The van der Waals surface area contributed by atoms with Gasteiger partial charge in [-0.15, -0.1) is 0 Å². The number of halogens is 1. The molecule has 0 unspecified atom stereocenters. The summed E-state index contributed by atoms with van der Waals surface area (Å²) in [5.74, 6) is -0.705. The SMILES string of the molecule is O=C(NCCOCCO)c1cnc2c(F)cccc2c1. The van der Waals surface area contributed by atoms with Crippen LogP contribution in [0, 0.1) is 5.82 Å². The number of pyridine rings is 1. The number of aliphatic hydroxyl groups excluding tert-OH is 1. The third-order valence-electron chi connectivity index (χ3n) is 2.69. The summed E-state index contributed by atoms with van der Waals surface area (Å²) in [7, 11) is 0. The zero-order valence-electron chi connectivity index (χ0n) is 10.8. The highest BCUT2D eigenvalue weighted by Crippen LogP contribution is 2.16. The van der Waals surface area contributed by atoms with Gasteiger partial charge >= 0.3 is 0 Å². The van der Waals surface area contributed by atoms with Gasteiger partial charge in [-0.2, -0.15) is 0 Å². The first-order valence-electron chi connectivity index (χ1n) is 6.23. The highest BCUT2D eigenvalue weighted by Gasteiger charge is 2.08. The van der Waals surface area contributed by atoms with Gasteiger partial charge < -0.3 is 15.2 Å². The maximum Gasteiger partial charge on any atom is 0.252 e. The minimum absolute atomic E-state index is 0.0475. The lowest BCUT2D eigenvalue weighted by Gasteiger charge is -2.06. The number of hydrogen-bond donors (Lipinski definition) is 2. The standard InChI is InChI=1S/C14H15FN2O3/c15-12-3-1-2-10-8-11(9-17-13(10)12)14(19)16-4-6-20-7-5-18/h1-3,8-9,18H,4-7H2,(H,16,19). The first kappa shape index (κ1) is 14.4. The number of aromatic nitrogens is 1. The van der Waals surface area contributed by atoms with E-state index in [-0.39, 0.29) is 24.6 Å². The number of nitrogens with zero attached hydrogens (tertiary/aromatic N) is 1. The van der Waals surface area contributed by atoms with E-state index in [9.17, 15) is 9.18 Å². The molecule has 0 aliphatic carbocycles. The van der Waals surface area contributed by atoms with Gasteiger partial charge in [0.05, 0.1) is 25.4 Å². The smallest absolute Gasteiger partial charge is 0.252 e. The molecule has 1 amide bonds. The molecular formula is C14H15FN2O3. The Labute approximate surface area is 115 Å². The molecule has 0 aliphatic rings. The lowest BCUT2D eigenvalue weighted by molar-refractivity contribution is 0.0838. The molecule has 0 atom stereocenters. The summed E-state index contributed by atoms with van der Waals surface area (Å²) in [6.45, 7) is 0.850. The van der Waals surface area contributed by atoms with Crippen molar-refractivity contribution in [2.75, 3.05) is 26.4 Å². The van der Waals surface area contributed by atoms with E-state index in [1.807, 2.05) is 0 Å². The summed E-state index contributed by atoms with van der Waals surface area (Å²) in [6.07, 6.45) is 1.34. The van der Waals surface area contributed by atoms with Gasteiger partial charge in [-0.1, -0.05) is 12.1 Å². The Hall–Kier alpha value is -2.05. The minimum atomic E-state index is -0.410. The number of nitrogens with one attached hydrogen (secondary N) is 1. The molecule has 0 aliphatic heterocycles. The fraction of sp³-hybridized carbons (Fsp3) is 0.286. The Morgan fingerprint density at radius 2 is 2.25 bits per heavy atom. The Balaban J connectivity index is 2.00. The van der Waals surface area contributed by atoms with E-state index >= 15 is 0 Å². The molecule has 2 aromatic rings. The fourth-order valence-corrected chi connectivity index (χ4v) is 1.75. The molecule has 2 N–H and O–H groups in total. The number of amides is 1. The number of rotatable bonds is 6. The summed E-state index contributed by atoms with van der Waals surface area (Å²) in [6, 6.07) is 6.19. The number of carbonyl (C=O) groups excluding carboxylic acids is 1. The van der Waals surface area contributed by atoms with E-state index in [1.165, 1.54) is 12.3 Å². The van der Waals surface area contributed by atoms with E-state index < -0.39 is 5.82 Å². The van der Waals surface area contributed by atoms with Crippen molar-refractivity contribution >= 4 is 16.8 Å². The van der Waals surface area contributed by atoms with Crippen LogP contribution in [-0.4, -0.2) is 42.4 Å². The number of benzene rings is 1. The molecule has 1 aromatic heterocycles. The van der Waals surface area contributed by atoms with Crippen LogP contribution in [0.4, 0.5) is 4.39 Å². The molecule has 6 heteroatoms. The van der Waals surface area contributed by atoms with Crippen molar-refractivity contribution in [3.05, 3.63) is 41.8 Å². The molecule has 1 aromatic carbocycles. The fourth-order valence-electron chi connectivity index (χ4n) is 1.75. The molecular weight excluding hydrogens is 263 g/mol. The van der Waals surface area contributed by atoms with E-state index in [0.717, 1.165) is 0 Å². The van der Waals surface area contributed by atoms with Crippen molar-refractivity contribution in [3.63, 3.8) is 0 Å². The quantitative estimate of drug-likeness (QED) is 0.777. The van der Waals surface area contributed by atoms with Crippen LogP contribution in [0.2, 0.25) is 0 Å². The van der Waals surface area contributed by atoms with Crippen molar-refractivity contribution in [1.82, 2.24) is 10.3 Å². The average molecular weight is 278 g/mol.